The molecule has 5 heteroatoms. The van der Waals surface area contributed by atoms with E-state index in [-0.39, 0.29) is 0 Å². The third-order valence-corrected chi connectivity index (χ3v) is 9.07. The average molecular weight is 600 g/mol. The van der Waals surface area contributed by atoms with Crippen molar-refractivity contribution in [2.75, 3.05) is 36.8 Å². The van der Waals surface area contributed by atoms with E-state index in [0.717, 1.165) is 67.5 Å². The van der Waals surface area contributed by atoms with Crippen molar-refractivity contribution in [3.05, 3.63) is 121 Å². The standard InChI is InChI=1S/C41H37N5/c1-3-14-30-28(12-1)20-22-34-38(32-16-5-7-18-36(32)45-40(30)34)43-26-10-9-24-42-25-11-27-44-39-33-17-6-8-19-37(33)46-41-31-15-4-2-13-29(31)21-23-35(39)41/h1-8,12-23,42H,9-11,24-27H2,(H,43,45)(H,44,46). The number of nitrogens with one attached hydrogen (secondary N) is 3. The smallest absolute Gasteiger partial charge is 0.0808 e. The number of hydrogen-bond acceptors (Lipinski definition) is 5. The number of aromatic nitrogens is 2. The highest BCUT2D eigenvalue weighted by atomic mass is 14.9. The van der Waals surface area contributed by atoms with Crippen LogP contribution in [-0.4, -0.2) is 36.1 Å². The number of pyridine rings is 2. The molecule has 6 aromatic carbocycles. The largest absolute Gasteiger partial charge is 0.384 e. The van der Waals surface area contributed by atoms with Crippen LogP contribution in [0.15, 0.2) is 121 Å². The van der Waals surface area contributed by atoms with Crippen LogP contribution in [0, 0.1) is 0 Å². The van der Waals surface area contributed by atoms with Gasteiger partial charge in [-0.1, -0.05) is 109 Å². The molecule has 0 fully saturated rings. The molecule has 0 spiro atoms. The summed E-state index contributed by atoms with van der Waals surface area (Å²) in [5.74, 6) is 0. The summed E-state index contributed by atoms with van der Waals surface area (Å²) in [5, 5.41) is 20.8. The van der Waals surface area contributed by atoms with E-state index in [4.69, 9.17) is 9.97 Å². The molecule has 5 nitrogen and oxygen atoms in total. The van der Waals surface area contributed by atoms with Gasteiger partial charge in [0.25, 0.3) is 0 Å². The van der Waals surface area contributed by atoms with Gasteiger partial charge in [0, 0.05) is 45.4 Å². The molecule has 8 aromatic rings. The number of para-hydroxylation sites is 2. The minimum atomic E-state index is 0.904. The van der Waals surface area contributed by atoms with Crippen molar-refractivity contribution in [2.45, 2.75) is 19.3 Å². The fourth-order valence-corrected chi connectivity index (χ4v) is 6.77. The summed E-state index contributed by atoms with van der Waals surface area (Å²) in [5.41, 5.74) is 6.56. The lowest BCUT2D eigenvalue weighted by atomic mass is 10.0. The zero-order valence-corrected chi connectivity index (χ0v) is 25.9. The molecule has 0 aliphatic rings. The molecule has 46 heavy (non-hydrogen) atoms. The average Bonchev–Trinajstić information content (AvgIpc) is 3.11. The monoisotopic (exact) mass is 599 g/mol. The summed E-state index contributed by atoms with van der Waals surface area (Å²) >= 11 is 0. The summed E-state index contributed by atoms with van der Waals surface area (Å²) in [6.45, 7) is 3.83. The summed E-state index contributed by atoms with van der Waals surface area (Å²) in [6.07, 6.45) is 3.27. The van der Waals surface area contributed by atoms with Crippen molar-refractivity contribution in [2.24, 2.45) is 0 Å². The van der Waals surface area contributed by atoms with Crippen LogP contribution in [-0.2, 0) is 0 Å². The van der Waals surface area contributed by atoms with Crippen LogP contribution in [0.5, 0.6) is 0 Å². The summed E-state index contributed by atoms with van der Waals surface area (Å²) in [7, 11) is 0. The molecule has 0 radical (unpaired) electrons. The Morgan fingerprint density at radius 2 is 0.804 bits per heavy atom. The molecule has 8 rings (SSSR count). The maximum atomic E-state index is 5.06. The fraction of sp³-hybridized carbons (Fsp3) is 0.171. The van der Waals surface area contributed by atoms with Gasteiger partial charge in [-0.25, -0.2) is 9.97 Å². The Labute approximate surface area is 268 Å². The number of nitrogens with zero attached hydrogens (tertiary/aromatic N) is 2. The maximum Gasteiger partial charge on any atom is 0.0808 e. The Hall–Kier alpha value is -5.26. The van der Waals surface area contributed by atoms with Crippen molar-refractivity contribution in [3.8, 4) is 0 Å². The molecule has 3 N–H and O–H groups in total. The van der Waals surface area contributed by atoms with E-state index in [1.165, 1.54) is 54.5 Å². The predicted molar refractivity (Wildman–Crippen MR) is 197 cm³/mol. The van der Waals surface area contributed by atoms with Gasteiger partial charge in [0.1, 0.15) is 0 Å². The first-order valence-corrected chi connectivity index (χ1v) is 16.4. The van der Waals surface area contributed by atoms with E-state index < -0.39 is 0 Å². The van der Waals surface area contributed by atoms with Crippen molar-refractivity contribution in [1.82, 2.24) is 15.3 Å². The molecule has 0 aliphatic carbocycles. The van der Waals surface area contributed by atoms with Gasteiger partial charge in [0.05, 0.1) is 33.4 Å². The molecule has 0 amide bonds. The predicted octanol–water partition coefficient (Wildman–Crippen LogP) is 9.68. The van der Waals surface area contributed by atoms with Gasteiger partial charge in [0.2, 0.25) is 0 Å². The Morgan fingerprint density at radius 3 is 1.37 bits per heavy atom. The molecule has 2 heterocycles. The Morgan fingerprint density at radius 1 is 0.370 bits per heavy atom. The minimum Gasteiger partial charge on any atom is -0.384 e. The summed E-state index contributed by atoms with van der Waals surface area (Å²) in [6, 6.07) is 42.8. The molecule has 0 saturated carbocycles. The summed E-state index contributed by atoms with van der Waals surface area (Å²) in [4.78, 5) is 10.1. The molecule has 0 bridgehead atoms. The molecular formula is C41H37N5. The van der Waals surface area contributed by atoms with E-state index in [9.17, 15) is 0 Å². The van der Waals surface area contributed by atoms with Crippen LogP contribution >= 0.6 is 0 Å². The second-order valence-corrected chi connectivity index (χ2v) is 12.0. The van der Waals surface area contributed by atoms with Crippen LogP contribution in [0.1, 0.15) is 19.3 Å². The highest BCUT2D eigenvalue weighted by Crippen LogP contribution is 2.36. The van der Waals surface area contributed by atoms with Gasteiger partial charge in [-0.05, 0) is 55.3 Å². The molecule has 0 saturated heterocycles. The van der Waals surface area contributed by atoms with Crippen molar-refractivity contribution in [3.63, 3.8) is 0 Å². The number of anilines is 2. The van der Waals surface area contributed by atoms with Gasteiger partial charge in [0.15, 0.2) is 0 Å². The summed E-state index contributed by atoms with van der Waals surface area (Å²) < 4.78 is 0. The Balaban J connectivity index is 0.867. The first kappa shape index (κ1) is 28.2. The van der Waals surface area contributed by atoms with Crippen molar-refractivity contribution < 1.29 is 0 Å². The zero-order valence-electron chi connectivity index (χ0n) is 25.9. The molecule has 0 unspecified atom stereocenters. The van der Waals surface area contributed by atoms with Crippen LogP contribution in [0.4, 0.5) is 11.4 Å². The lowest BCUT2D eigenvalue weighted by molar-refractivity contribution is 0.619. The number of fused-ring (bicyclic) bond motifs is 8. The van der Waals surface area contributed by atoms with Crippen LogP contribution < -0.4 is 16.0 Å². The Kier molecular flexibility index (Phi) is 7.75. The van der Waals surface area contributed by atoms with E-state index in [0.29, 0.717) is 0 Å². The fourth-order valence-electron chi connectivity index (χ4n) is 6.77. The molecule has 0 atom stereocenters. The first-order valence-electron chi connectivity index (χ1n) is 16.4. The van der Waals surface area contributed by atoms with Crippen LogP contribution in [0.25, 0.3) is 65.2 Å². The van der Waals surface area contributed by atoms with E-state index >= 15 is 0 Å². The third kappa shape index (κ3) is 5.33. The quantitative estimate of drug-likeness (QED) is 0.0785. The minimum absolute atomic E-state index is 0.904. The van der Waals surface area contributed by atoms with Crippen LogP contribution in [0.2, 0.25) is 0 Å². The lowest BCUT2D eigenvalue weighted by Crippen LogP contribution is -2.20. The number of hydrogen-bond donors (Lipinski definition) is 3. The van der Waals surface area contributed by atoms with Gasteiger partial charge in [-0.2, -0.15) is 0 Å². The molecule has 0 aliphatic heterocycles. The first-order chi connectivity index (χ1) is 22.8. The highest BCUT2D eigenvalue weighted by Gasteiger charge is 2.12. The molecule has 226 valence electrons. The van der Waals surface area contributed by atoms with Gasteiger partial charge >= 0.3 is 0 Å². The number of rotatable bonds is 11. The third-order valence-electron chi connectivity index (χ3n) is 9.07. The zero-order chi connectivity index (χ0) is 30.7. The van der Waals surface area contributed by atoms with Gasteiger partial charge < -0.3 is 16.0 Å². The highest BCUT2D eigenvalue weighted by molar-refractivity contribution is 6.17. The van der Waals surface area contributed by atoms with Crippen molar-refractivity contribution in [1.29, 1.82) is 0 Å². The van der Waals surface area contributed by atoms with E-state index in [2.05, 4.69) is 137 Å². The molecule has 2 aromatic heterocycles. The van der Waals surface area contributed by atoms with Crippen molar-refractivity contribution >= 4 is 76.5 Å². The second kappa shape index (κ2) is 12.6. The molecular weight excluding hydrogens is 562 g/mol. The second-order valence-electron chi connectivity index (χ2n) is 12.0. The van der Waals surface area contributed by atoms with Gasteiger partial charge in [-0.15, -0.1) is 0 Å². The topological polar surface area (TPSA) is 61.9 Å². The SMILES string of the molecule is c1ccc2c(c1)ccc1c(NCCCCNCCCNc3c4ccccc4nc4c3ccc3ccccc34)c3ccccc3nc12. The van der Waals surface area contributed by atoms with E-state index in [1.807, 2.05) is 0 Å². The van der Waals surface area contributed by atoms with Crippen LogP contribution in [0.3, 0.4) is 0 Å². The number of benzene rings is 6. The van der Waals surface area contributed by atoms with Gasteiger partial charge in [-0.3, -0.25) is 0 Å². The lowest BCUT2D eigenvalue weighted by Gasteiger charge is -2.15. The normalized spacial score (nSPS) is 11.7. The van der Waals surface area contributed by atoms with E-state index in [1.54, 1.807) is 0 Å². The Bertz CT molecular complexity index is 2180. The number of unbranched alkanes of at least 4 members (excludes halogenated alkanes) is 1. The maximum absolute atomic E-state index is 5.06.